The van der Waals surface area contributed by atoms with Gasteiger partial charge in [-0.3, -0.25) is 14.3 Å². The van der Waals surface area contributed by atoms with E-state index in [0.717, 1.165) is 16.8 Å². The number of rotatable bonds is 2. The van der Waals surface area contributed by atoms with Crippen molar-refractivity contribution in [3.05, 3.63) is 76.6 Å². The molecule has 2 aliphatic rings. The minimum Gasteiger partial charge on any atom is -0.506 e. The highest BCUT2D eigenvalue weighted by Crippen LogP contribution is 2.54. The van der Waals surface area contributed by atoms with Crippen LogP contribution in [0, 0.1) is 0 Å². The summed E-state index contributed by atoms with van der Waals surface area (Å²) in [5, 5.41) is 17.4. The van der Waals surface area contributed by atoms with Gasteiger partial charge in [0.25, 0.3) is 5.91 Å². The molecule has 5 rings (SSSR count). The van der Waals surface area contributed by atoms with Gasteiger partial charge in [-0.2, -0.15) is 5.10 Å². The molecule has 0 aliphatic carbocycles. The minimum atomic E-state index is -0.899. The van der Waals surface area contributed by atoms with Crippen molar-refractivity contribution in [1.82, 2.24) is 14.7 Å². The number of aromatic hydroxyl groups is 1. The zero-order valence-corrected chi connectivity index (χ0v) is 16.9. The highest BCUT2D eigenvalue weighted by molar-refractivity contribution is 6.32. The molecule has 0 saturated carbocycles. The molecule has 2 aromatic carbocycles. The number of carbonyl (C=O) groups excluding carboxylic acids is 2. The number of aryl methyl sites for hydroxylation is 1. The molecule has 2 amide bonds. The summed E-state index contributed by atoms with van der Waals surface area (Å²) in [5.41, 5.74) is 1.86. The van der Waals surface area contributed by atoms with E-state index in [1.165, 1.54) is 12.1 Å². The molecular formula is C22H19ClN4O3. The molecule has 2 aliphatic heterocycles. The molecule has 2 N–H and O–H groups in total. The average molecular weight is 423 g/mol. The standard InChI is InChI=1S/C22H19ClN4O3/c1-26-12-14(11-24-26)19-22(15-4-2-3-5-17(15)25-21(22)30)8-9-27(19)20(29)13-6-7-16(23)18(28)10-13/h2-7,10-12,19,28H,8-9H2,1H3,(H,25,30). The number of benzene rings is 2. The molecule has 3 heterocycles. The van der Waals surface area contributed by atoms with Crippen LogP contribution in [0.3, 0.4) is 0 Å². The second-order valence-electron chi connectivity index (χ2n) is 7.74. The van der Waals surface area contributed by atoms with Gasteiger partial charge in [0, 0.05) is 36.6 Å². The molecule has 8 heteroatoms. The van der Waals surface area contributed by atoms with Crippen LogP contribution < -0.4 is 5.32 Å². The zero-order chi connectivity index (χ0) is 21.0. The molecule has 1 aromatic heterocycles. The van der Waals surface area contributed by atoms with Crippen molar-refractivity contribution in [3.63, 3.8) is 0 Å². The first kappa shape index (κ1) is 18.7. The third-order valence-electron chi connectivity index (χ3n) is 6.08. The van der Waals surface area contributed by atoms with Crippen molar-refractivity contribution in [2.24, 2.45) is 7.05 Å². The summed E-state index contributed by atoms with van der Waals surface area (Å²) in [7, 11) is 1.80. The number of likely N-dealkylation sites (tertiary alicyclic amines) is 1. The molecular weight excluding hydrogens is 404 g/mol. The fourth-order valence-corrected chi connectivity index (χ4v) is 4.88. The maximum Gasteiger partial charge on any atom is 0.254 e. The smallest absolute Gasteiger partial charge is 0.254 e. The van der Waals surface area contributed by atoms with Crippen LogP contribution in [-0.4, -0.2) is 38.1 Å². The topological polar surface area (TPSA) is 87.5 Å². The van der Waals surface area contributed by atoms with Gasteiger partial charge in [-0.1, -0.05) is 29.8 Å². The van der Waals surface area contributed by atoms with Gasteiger partial charge in [-0.15, -0.1) is 0 Å². The number of carbonyl (C=O) groups is 2. The Kier molecular flexibility index (Phi) is 4.11. The van der Waals surface area contributed by atoms with E-state index in [4.69, 9.17) is 11.6 Å². The van der Waals surface area contributed by atoms with E-state index in [0.29, 0.717) is 18.5 Å². The van der Waals surface area contributed by atoms with Crippen LogP contribution in [0.25, 0.3) is 0 Å². The Labute approximate surface area is 177 Å². The Morgan fingerprint density at radius 1 is 1.30 bits per heavy atom. The predicted octanol–water partition coefficient (Wildman–Crippen LogP) is 3.26. The Bertz CT molecular complexity index is 1190. The van der Waals surface area contributed by atoms with Gasteiger partial charge in [0.2, 0.25) is 5.91 Å². The van der Waals surface area contributed by atoms with Crippen LogP contribution in [0.15, 0.2) is 54.9 Å². The molecule has 1 spiro atoms. The van der Waals surface area contributed by atoms with Gasteiger partial charge in [0.05, 0.1) is 17.3 Å². The number of nitrogens with zero attached hydrogens (tertiary/aromatic N) is 3. The monoisotopic (exact) mass is 422 g/mol. The van der Waals surface area contributed by atoms with E-state index in [1.807, 2.05) is 30.5 Å². The van der Waals surface area contributed by atoms with Gasteiger partial charge < -0.3 is 15.3 Å². The van der Waals surface area contributed by atoms with E-state index in [-0.39, 0.29) is 22.6 Å². The van der Waals surface area contributed by atoms with Crippen molar-refractivity contribution >= 4 is 29.1 Å². The van der Waals surface area contributed by atoms with Gasteiger partial charge in [-0.25, -0.2) is 0 Å². The number of anilines is 1. The summed E-state index contributed by atoms with van der Waals surface area (Å²) < 4.78 is 1.66. The first-order valence-electron chi connectivity index (χ1n) is 9.61. The van der Waals surface area contributed by atoms with Crippen LogP contribution >= 0.6 is 11.6 Å². The largest absolute Gasteiger partial charge is 0.506 e. The third kappa shape index (κ3) is 2.55. The number of fused-ring (bicyclic) bond motifs is 2. The Hall–Kier alpha value is -3.32. The van der Waals surface area contributed by atoms with Crippen LogP contribution in [0.5, 0.6) is 5.75 Å². The second kappa shape index (κ2) is 6.60. The molecule has 1 saturated heterocycles. The van der Waals surface area contributed by atoms with Crippen molar-refractivity contribution < 1.29 is 14.7 Å². The van der Waals surface area contributed by atoms with E-state index in [1.54, 1.807) is 28.9 Å². The number of amides is 2. The maximum atomic E-state index is 13.5. The molecule has 152 valence electrons. The van der Waals surface area contributed by atoms with E-state index in [2.05, 4.69) is 10.4 Å². The van der Waals surface area contributed by atoms with Crippen LogP contribution in [-0.2, 0) is 17.3 Å². The minimum absolute atomic E-state index is 0.119. The van der Waals surface area contributed by atoms with Crippen LogP contribution in [0.4, 0.5) is 5.69 Å². The first-order valence-corrected chi connectivity index (χ1v) is 9.98. The molecule has 3 aromatic rings. The highest BCUT2D eigenvalue weighted by Gasteiger charge is 2.59. The molecule has 0 bridgehead atoms. The highest BCUT2D eigenvalue weighted by atomic mass is 35.5. The third-order valence-corrected chi connectivity index (χ3v) is 6.40. The summed E-state index contributed by atoms with van der Waals surface area (Å²) in [6.07, 6.45) is 4.03. The maximum absolute atomic E-state index is 13.5. The SMILES string of the molecule is Cn1cc(C2N(C(=O)c3ccc(Cl)c(O)c3)CCC23C(=O)Nc2ccccc23)cn1. The summed E-state index contributed by atoms with van der Waals surface area (Å²) in [4.78, 5) is 28.5. The normalized spacial score (nSPS) is 22.4. The van der Waals surface area contributed by atoms with Crippen molar-refractivity contribution in [1.29, 1.82) is 0 Å². The molecule has 0 radical (unpaired) electrons. The average Bonchev–Trinajstić information content (AvgIpc) is 3.41. The summed E-state index contributed by atoms with van der Waals surface area (Å²) in [6.45, 7) is 0.392. The van der Waals surface area contributed by atoms with Crippen molar-refractivity contribution in [2.45, 2.75) is 17.9 Å². The lowest BCUT2D eigenvalue weighted by molar-refractivity contribution is -0.121. The Balaban J connectivity index is 1.65. The Morgan fingerprint density at radius 3 is 2.83 bits per heavy atom. The number of aromatic nitrogens is 2. The van der Waals surface area contributed by atoms with E-state index in [9.17, 15) is 14.7 Å². The predicted molar refractivity (Wildman–Crippen MR) is 111 cm³/mol. The van der Waals surface area contributed by atoms with Crippen LogP contribution in [0.1, 0.15) is 33.9 Å². The molecule has 30 heavy (non-hydrogen) atoms. The fraction of sp³-hybridized carbons (Fsp3) is 0.227. The molecule has 7 nitrogen and oxygen atoms in total. The van der Waals surface area contributed by atoms with E-state index < -0.39 is 11.5 Å². The lowest BCUT2D eigenvalue weighted by Gasteiger charge is -2.33. The molecule has 2 atom stereocenters. The van der Waals surface area contributed by atoms with Crippen molar-refractivity contribution in [2.75, 3.05) is 11.9 Å². The van der Waals surface area contributed by atoms with Crippen LogP contribution in [0.2, 0.25) is 5.02 Å². The molecule has 1 fully saturated rings. The fourth-order valence-electron chi connectivity index (χ4n) is 4.76. The number of para-hydroxylation sites is 1. The number of phenols is 1. The lowest BCUT2D eigenvalue weighted by atomic mass is 9.73. The quantitative estimate of drug-likeness (QED) is 0.663. The van der Waals surface area contributed by atoms with Gasteiger partial charge >= 0.3 is 0 Å². The number of hydrogen-bond donors (Lipinski definition) is 2. The zero-order valence-electron chi connectivity index (χ0n) is 16.2. The number of phenolic OH excluding ortho intramolecular Hbond substituents is 1. The van der Waals surface area contributed by atoms with Gasteiger partial charge in [-0.05, 0) is 36.2 Å². The lowest BCUT2D eigenvalue weighted by Crippen LogP contribution is -2.42. The van der Waals surface area contributed by atoms with Gasteiger partial charge in [0.15, 0.2) is 0 Å². The van der Waals surface area contributed by atoms with E-state index >= 15 is 0 Å². The first-order chi connectivity index (χ1) is 14.4. The number of nitrogens with one attached hydrogen (secondary N) is 1. The summed E-state index contributed by atoms with van der Waals surface area (Å²) >= 11 is 5.91. The number of hydrogen-bond acceptors (Lipinski definition) is 4. The number of halogens is 1. The Morgan fingerprint density at radius 2 is 2.10 bits per heavy atom. The summed E-state index contributed by atoms with van der Waals surface area (Å²) in [5.74, 6) is -0.546. The second-order valence-corrected chi connectivity index (χ2v) is 8.14. The molecule has 2 unspecified atom stereocenters. The van der Waals surface area contributed by atoms with Crippen molar-refractivity contribution in [3.8, 4) is 5.75 Å². The summed E-state index contributed by atoms with van der Waals surface area (Å²) in [6, 6.07) is 11.5. The van der Waals surface area contributed by atoms with Gasteiger partial charge in [0.1, 0.15) is 11.2 Å².